The van der Waals surface area contributed by atoms with Crippen molar-refractivity contribution in [2.45, 2.75) is 44.4 Å². The van der Waals surface area contributed by atoms with Gasteiger partial charge in [-0.25, -0.2) is 8.42 Å². The monoisotopic (exact) mass is 467 g/mol. The first-order valence-electron chi connectivity index (χ1n) is 11.3. The Balaban J connectivity index is 1.63. The Hall–Kier alpha value is -2.33. The van der Waals surface area contributed by atoms with Gasteiger partial charge in [-0.2, -0.15) is 4.31 Å². The van der Waals surface area contributed by atoms with E-state index in [-0.39, 0.29) is 29.2 Å². The van der Waals surface area contributed by atoms with Crippen LogP contribution >= 0.6 is 0 Å². The highest BCUT2D eigenvalue weighted by Crippen LogP contribution is 2.31. The standard InChI is InChI=1S/C22H33N3O6S/c1-3-30-19-8-7-18(15-20(19)32(28,29)25-11-5-6-12-25)23-16-21(26)24-13-9-17(10-14-24)22(27)31-4-2/h7-8,15,17,23H,3-6,9-14,16H2,1-2H3. The van der Waals surface area contributed by atoms with Crippen molar-refractivity contribution < 1.29 is 27.5 Å². The maximum Gasteiger partial charge on any atom is 0.309 e. The smallest absolute Gasteiger partial charge is 0.309 e. The molecule has 10 heteroatoms. The molecule has 3 rings (SSSR count). The predicted molar refractivity (Wildman–Crippen MR) is 120 cm³/mol. The summed E-state index contributed by atoms with van der Waals surface area (Å²) < 4.78 is 38.3. The molecule has 1 aromatic rings. The van der Waals surface area contributed by atoms with Gasteiger partial charge in [-0.3, -0.25) is 9.59 Å². The number of nitrogens with one attached hydrogen (secondary N) is 1. The zero-order chi connectivity index (χ0) is 23.1. The SMILES string of the molecule is CCOC(=O)C1CCN(C(=O)CNc2ccc(OCC)c(S(=O)(=O)N3CCCC3)c2)CC1. The number of ether oxygens (including phenoxy) is 2. The molecule has 1 aromatic carbocycles. The zero-order valence-corrected chi connectivity index (χ0v) is 19.7. The summed E-state index contributed by atoms with van der Waals surface area (Å²) in [6, 6.07) is 4.89. The summed E-state index contributed by atoms with van der Waals surface area (Å²) in [7, 11) is -3.66. The molecular formula is C22H33N3O6S. The van der Waals surface area contributed by atoms with Crippen molar-refractivity contribution >= 4 is 27.6 Å². The van der Waals surface area contributed by atoms with Crippen molar-refractivity contribution in [2.75, 3.05) is 51.3 Å². The van der Waals surface area contributed by atoms with Crippen LogP contribution in [0.1, 0.15) is 39.5 Å². The molecule has 2 saturated heterocycles. The Labute approximate surface area is 190 Å². The third-order valence-corrected chi connectivity index (χ3v) is 7.76. The molecule has 2 aliphatic rings. The minimum atomic E-state index is -3.66. The van der Waals surface area contributed by atoms with Gasteiger partial charge in [0.05, 0.1) is 25.7 Å². The van der Waals surface area contributed by atoms with Crippen LogP contribution in [0.3, 0.4) is 0 Å². The fraction of sp³-hybridized carbons (Fsp3) is 0.636. The topological polar surface area (TPSA) is 105 Å². The average Bonchev–Trinajstić information content (AvgIpc) is 3.34. The number of amides is 1. The number of sulfonamides is 1. The molecule has 0 radical (unpaired) electrons. The van der Waals surface area contributed by atoms with Gasteiger partial charge >= 0.3 is 5.97 Å². The first kappa shape index (κ1) is 24.3. The van der Waals surface area contributed by atoms with Crippen LogP contribution in [0.4, 0.5) is 5.69 Å². The highest BCUT2D eigenvalue weighted by molar-refractivity contribution is 7.89. The van der Waals surface area contributed by atoms with Crippen LogP contribution in [0.2, 0.25) is 0 Å². The van der Waals surface area contributed by atoms with Gasteiger partial charge in [0.15, 0.2) is 0 Å². The maximum atomic E-state index is 13.1. The normalized spacial score (nSPS) is 17.9. The van der Waals surface area contributed by atoms with Crippen LogP contribution in [0, 0.1) is 5.92 Å². The lowest BCUT2D eigenvalue weighted by molar-refractivity contribution is -0.151. The third-order valence-electron chi connectivity index (χ3n) is 5.84. The van der Waals surface area contributed by atoms with Crippen molar-refractivity contribution in [1.29, 1.82) is 0 Å². The second-order valence-electron chi connectivity index (χ2n) is 7.97. The van der Waals surface area contributed by atoms with Crippen molar-refractivity contribution in [1.82, 2.24) is 9.21 Å². The molecule has 0 atom stereocenters. The van der Waals surface area contributed by atoms with Crippen molar-refractivity contribution in [3.05, 3.63) is 18.2 Å². The summed E-state index contributed by atoms with van der Waals surface area (Å²) in [5.74, 6) is -0.127. The minimum absolute atomic E-state index is 0.0429. The molecule has 2 heterocycles. The van der Waals surface area contributed by atoms with Gasteiger partial charge < -0.3 is 19.7 Å². The molecule has 9 nitrogen and oxygen atoms in total. The average molecular weight is 468 g/mol. The number of nitrogens with zero attached hydrogens (tertiary/aromatic N) is 2. The van der Waals surface area contributed by atoms with E-state index in [1.807, 2.05) is 6.92 Å². The Kier molecular flexibility index (Phi) is 8.36. The van der Waals surface area contributed by atoms with E-state index < -0.39 is 10.0 Å². The fourth-order valence-corrected chi connectivity index (χ4v) is 5.75. The molecular weight excluding hydrogens is 434 g/mol. The largest absolute Gasteiger partial charge is 0.492 e. The lowest BCUT2D eigenvalue weighted by Crippen LogP contribution is -2.43. The van der Waals surface area contributed by atoms with Gasteiger partial charge in [-0.05, 0) is 57.7 Å². The number of rotatable bonds is 9. The van der Waals surface area contributed by atoms with E-state index in [1.165, 1.54) is 4.31 Å². The lowest BCUT2D eigenvalue weighted by atomic mass is 9.97. The van der Waals surface area contributed by atoms with Crippen LogP contribution in [-0.4, -0.2) is 75.4 Å². The van der Waals surface area contributed by atoms with Gasteiger partial charge in [-0.1, -0.05) is 0 Å². The second kappa shape index (κ2) is 11.0. The highest BCUT2D eigenvalue weighted by atomic mass is 32.2. The van der Waals surface area contributed by atoms with Gasteiger partial charge in [0, 0.05) is 31.9 Å². The summed E-state index contributed by atoms with van der Waals surface area (Å²) in [4.78, 5) is 26.3. The van der Waals surface area contributed by atoms with Crippen LogP contribution < -0.4 is 10.1 Å². The van der Waals surface area contributed by atoms with Crippen LogP contribution in [0.15, 0.2) is 23.1 Å². The molecule has 0 aromatic heterocycles. The number of piperidine rings is 1. The van der Waals surface area contributed by atoms with Gasteiger partial charge in [0.25, 0.3) is 0 Å². The molecule has 2 aliphatic heterocycles. The maximum absolute atomic E-state index is 13.1. The van der Waals surface area contributed by atoms with Gasteiger partial charge in [-0.15, -0.1) is 0 Å². The molecule has 32 heavy (non-hydrogen) atoms. The third kappa shape index (κ3) is 5.72. The summed E-state index contributed by atoms with van der Waals surface area (Å²) in [6.45, 7) is 6.37. The quantitative estimate of drug-likeness (QED) is 0.555. The van der Waals surface area contributed by atoms with E-state index in [4.69, 9.17) is 9.47 Å². The number of likely N-dealkylation sites (tertiary alicyclic amines) is 1. The van der Waals surface area contributed by atoms with E-state index in [1.54, 1.807) is 30.0 Å². The lowest BCUT2D eigenvalue weighted by Gasteiger charge is -2.31. The van der Waals surface area contributed by atoms with Gasteiger partial charge in [0.2, 0.25) is 15.9 Å². The van der Waals surface area contributed by atoms with Gasteiger partial charge in [0.1, 0.15) is 10.6 Å². The Morgan fingerprint density at radius 3 is 2.38 bits per heavy atom. The van der Waals surface area contributed by atoms with Crippen LogP contribution in [0.5, 0.6) is 5.75 Å². The van der Waals surface area contributed by atoms with E-state index in [0.717, 1.165) is 12.8 Å². The van der Waals surface area contributed by atoms with Crippen molar-refractivity contribution in [3.8, 4) is 5.75 Å². The van der Waals surface area contributed by atoms with Crippen molar-refractivity contribution in [3.63, 3.8) is 0 Å². The summed E-state index contributed by atoms with van der Waals surface area (Å²) >= 11 is 0. The Bertz CT molecular complexity index is 906. The Morgan fingerprint density at radius 2 is 1.75 bits per heavy atom. The second-order valence-corrected chi connectivity index (χ2v) is 9.87. The number of anilines is 1. The van der Waals surface area contributed by atoms with Crippen LogP contribution in [0.25, 0.3) is 0 Å². The zero-order valence-electron chi connectivity index (χ0n) is 18.8. The van der Waals surface area contributed by atoms with E-state index in [2.05, 4.69) is 5.32 Å². The molecule has 1 amide bonds. The molecule has 178 valence electrons. The predicted octanol–water partition coefficient (Wildman–Crippen LogP) is 2.08. The van der Waals surface area contributed by atoms with Crippen molar-refractivity contribution in [2.24, 2.45) is 5.92 Å². The summed E-state index contributed by atoms with van der Waals surface area (Å²) in [5, 5.41) is 3.05. The first-order chi connectivity index (χ1) is 15.4. The number of hydrogen-bond acceptors (Lipinski definition) is 7. The molecule has 0 spiro atoms. The Morgan fingerprint density at radius 1 is 1.06 bits per heavy atom. The molecule has 0 bridgehead atoms. The number of carbonyl (C=O) groups is 2. The number of hydrogen-bond donors (Lipinski definition) is 1. The highest BCUT2D eigenvalue weighted by Gasteiger charge is 2.31. The molecule has 0 unspecified atom stereocenters. The van der Waals surface area contributed by atoms with E-state index in [0.29, 0.717) is 63.7 Å². The molecule has 0 saturated carbocycles. The van der Waals surface area contributed by atoms with E-state index >= 15 is 0 Å². The molecule has 1 N–H and O–H groups in total. The first-order valence-corrected chi connectivity index (χ1v) is 12.8. The minimum Gasteiger partial charge on any atom is -0.492 e. The fourth-order valence-electron chi connectivity index (χ4n) is 4.08. The molecule has 2 fully saturated rings. The van der Waals surface area contributed by atoms with Crippen LogP contribution in [-0.2, 0) is 24.3 Å². The number of benzene rings is 1. The number of carbonyl (C=O) groups excluding carboxylic acids is 2. The summed E-state index contributed by atoms with van der Waals surface area (Å²) in [6.07, 6.45) is 2.88. The summed E-state index contributed by atoms with van der Waals surface area (Å²) in [5.41, 5.74) is 0.543. The van der Waals surface area contributed by atoms with E-state index in [9.17, 15) is 18.0 Å². The number of esters is 1. The molecule has 0 aliphatic carbocycles.